The Bertz CT molecular complexity index is 671. The Labute approximate surface area is 145 Å². The van der Waals surface area contributed by atoms with Crippen LogP contribution in [0.3, 0.4) is 0 Å². The summed E-state index contributed by atoms with van der Waals surface area (Å²) < 4.78 is 0.950. The fourth-order valence-corrected chi connectivity index (χ4v) is 2.28. The van der Waals surface area contributed by atoms with Crippen molar-refractivity contribution in [1.29, 1.82) is 0 Å². The molecule has 0 spiro atoms. The zero-order valence-electron chi connectivity index (χ0n) is 13.6. The van der Waals surface area contributed by atoms with Gasteiger partial charge in [0.1, 0.15) is 5.82 Å². The molecule has 1 heterocycles. The van der Waals surface area contributed by atoms with Gasteiger partial charge >= 0.3 is 0 Å². The molecule has 122 valence electrons. The third-order valence-electron chi connectivity index (χ3n) is 3.35. The van der Waals surface area contributed by atoms with E-state index in [9.17, 15) is 4.79 Å². The molecule has 0 radical (unpaired) electrons. The summed E-state index contributed by atoms with van der Waals surface area (Å²) in [6.07, 6.45) is 1.06. The highest BCUT2D eigenvalue weighted by Gasteiger charge is 2.09. The van der Waals surface area contributed by atoms with Crippen LogP contribution >= 0.6 is 15.9 Å². The van der Waals surface area contributed by atoms with Crippen molar-refractivity contribution in [3.05, 3.63) is 46.1 Å². The third kappa shape index (κ3) is 5.32. The lowest BCUT2D eigenvalue weighted by molar-refractivity contribution is 0.102. The number of nitrogens with one attached hydrogen (secondary N) is 2. The molecule has 0 bridgehead atoms. The van der Waals surface area contributed by atoms with E-state index in [-0.39, 0.29) is 11.6 Å². The lowest BCUT2D eigenvalue weighted by Crippen LogP contribution is -2.15. The van der Waals surface area contributed by atoms with Crippen LogP contribution < -0.4 is 10.6 Å². The first-order chi connectivity index (χ1) is 11.0. The van der Waals surface area contributed by atoms with Gasteiger partial charge in [-0.2, -0.15) is 0 Å². The molecule has 2 N–H and O–H groups in total. The van der Waals surface area contributed by atoms with Crippen LogP contribution in [-0.4, -0.2) is 22.6 Å². The van der Waals surface area contributed by atoms with Crippen LogP contribution in [0.15, 0.2) is 34.8 Å². The van der Waals surface area contributed by atoms with E-state index in [0.717, 1.165) is 23.0 Å². The lowest BCUT2D eigenvalue weighted by atomic mass is 10.1. The zero-order valence-corrected chi connectivity index (χ0v) is 15.1. The molecule has 1 aromatic heterocycles. The van der Waals surface area contributed by atoms with Crippen LogP contribution in [0, 0.1) is 12.8 Å². The summed E-state index contributed by atoms with van der Waals surface area (Å²) in [5, 5.41) is 14.0. The van der Waals surface area contributed by atoms with Crippen LogP contribution in [-0.2, 0) is 0 Å². The molecule has 2 rings (SSSR count). The molecule has 5 nitrogen and oxygen atoms in total. The quantitative estimate of drug-likeness (QED) is 0.790. The van der Waals surface area contributed by atoms with E-state index in [0.29, 0.717) is 17.4 Å². The van der Waals surface area contributed by atoms with E-state index in [1.165, 1.54) is 0 Å². The van der Waals surface area contributed by atoms with Gasteiger partial charge in [0.15, 0.2) is 5.69 Å². The standard InChI is InChI=1S/C17H21BrN4O/c1-11(2)8-9-19-16-7-6-15(21-22-16)17(23)20-13-5-4-12(3)14(18)10-13/h4-7,10-11H,8-9H2,1-3H3,(H,19,22)(H,20,23). The number of carbonyl (C=O) groups is 1. The van der Waals surface area contributed by atoms with Crippen molar-refractivity contribution in [1.82, 2.24) is 10.2 Å². The Kier molecular flexibility index (Phi) is 6.10. The molecule has 0 aliphatic heterocycles. The Balaban J connectivity index is 1.95. The van der Waals surface area contributed by atoms with E-state index in [1.807, 2.05) is 25.1 Å². The van der Waals surface area contributed by atoms with Crippen molar-refractivity contribution in [2.45, 2.75) is 27.2 Å². The van der Waals surface area contributed by atoms with Gasteiger partial charge in [-0.1, -0.05) is 35.8 Å². The second-order valence-corrected chi connectivity index (χ2v) is 6.69. The maximum atomic E-state index is 12.2. The molecule has 0 fully saturated rings. The summed E-state index contributed by atoms with van der Waals surface area (Å²) in [6.45, 7) is 7.18. The van der Waals surface area contributed by atoms with Gasteiger partial charge in [-0.3, -0.25) is 4.79 Å². The first-order valence-corrected chi connectivity index (χ1v) is 8.40. The summed E-state index contributed by atoms with van der Waals surface area (Å²) in [5.41, 5.74) is 2.11. The number of hydrogen-bond acceptors (Lipinski definition) is 4. The Hall–Kier alpha value is -1.95. The molecule has 1 amide bonds. The van der Waals surface area contributed by atoms with Gasteiger partial charge in [0.25, 0.3) is 5.91 Å². The number of amides is 1. The van der Waals surface area contributed by atoms with Gasteiger partial charge in [0.05, 0.1) is 0 Å². The molecule has 6 heteroatoms. The molecule has 0 aliphatic rings. The number of halogens is 1. The van der Waals surface area contributed by atoms with E-state index >= 15 is 0 Å². The lowest BCUT2D eigenvalue weighted by Gasteiger charge is -2.08. The van der Waals surface area contributed by atoms with Gasteiger partial charge in [-0.25, -0.2) is 0 Å². The monoisotopic (exact) mass is 376 g/mol. The number of aryl methyl sites for hydroxylation is 1. The highest BCUT2D eigenvalue weighted by Crippen LogP contribution is 2.21. The largest absolute Gasteiger partial charge is 0.369 e. The van der Waals surface area contributed by atoms with Gasteiger partial charge in [0.2, 0.25) is 0 Å². The smallest absolute Gasteiger partial charge is 0.276 e. The van der Waals surface area contributed by atoms with E-state index in [1.54, 1.807) is 12.1 Å². The topological polar surface area (TPSA) is 66.9 Å². The number of carbonyl (C=O) groups excluding carboxylic acids is 1. The first-order valence-electron chi connectivity index (χ1n) is 7.61. The van der Waals surface area contributed by atoms with E-state index in [2.05, 4.69) is 50.6 Å². The van der Waals surface area contributed by atoms with Crippen LogP contribution in [0.1, 0.15) is 36.3 Å². The van der Waals surface area contributed by atoms with Crippen molar-refractivity contribution in [2.24, 2.45) is 5.92 Å². The van der Waals surface area contributed by atoms with E-state index < -0.39 is 0 Å². The van der Waals surface area contributed by atoms with Gasteiger partial charge < -0.3 is 10.6 Å². The van der Waals surface area contributed by atoms with Crippen LogP contribution in [0.2, 0.25) is 0 Å². The van der Waals surface area contributed by atoms with Crippen molar-refractivity contribution in [3.63, 3.8) is 0 Å². The zero-order chi connectivity index (χ0) is 16.8. The van der Waals surface area contributed by atoms with Gasteiger partial charge in [0, 0.05) is 16.7 Å². The minimum Gasteiger partial charge on any atom is -0.369 e. The summed E-state index contributed by atoms with van der Waals surface area (Å²) in [7, 11) is 0. The predicted octanol–water partition coefficient (Wildman–Crippen LogP) is 4.26. The molecule has 1 aromatic carbocycles. The number of nitrogens with zero attached hydrogens (tertiary/aromatic N) is 2. The highest BCUT2D eigenvalue weighted by molar-refractivity contribution is 9.10. The average molecular weight is 377 g/mol. The van der Waals surface area contributed by atoms with Gasteiger partial charge in [-0.15, -0.1) is 10.2 Å². The second-order valence-electron chi connectivity index (χ2n) is 5.83. The summed E-state index contributed by atoms with van der Waals surface area (Å²) in [6, 6.07) is 9.10. The second kappa shape index (κ2) is 8.06. The molecule has 0 saturated heterocycles. The molecule has 0 saturated carbocycles. The summed E-state index contributed by atoms with van der Waals surface area (Å²) in [5.74, 6) is 1.04. The number of hydrogen-bond donors (Lipinski definition) is 2. The molecule has 2 aromatic rings. The summed E-state index contributed by atoms with van der Waals surface area (Å²) in [4.78, 5) is 12.2. The molecule has 0 atom stereocenters. The minimum absolute atomic E-state index is 0.276. The first kappa shape index (κ1) is 17.4. The minimum atomic E-state index is -0.276. The number of benzene rings is 1. The van der Waals surface area contributed by atoms with Crippen molar-refractivity contribution in [3.8, 4) is 0 Å². The Morgan fingerprint density at radius 3 is 2.61 bits per heavy atom. The van der Waals surface area contributed by atoms with Crippen molar-refractivity contribution >= 4 is 33.3 Å². The number of rotatable bonds is 6. The van der Waals surface area contributed by atoms with Crippen LogP contribution in [0.25, 0.3) is 0 Å². The van der Waals surface area contributed by atoms with Crippen LogP contribution in [0.5, 0.6) is 0 Å². The fourth-order valence-electron chi connectivity index (χ4n) is 1.90. The van der Waals surface area contributed by atoms with Crippen molar-refractivity contribution < 1.29 is 4.79 Å². The Morgan fingerprint density at radius 1 is 1.22 bits per heavy atom. The number of anilines is 2. The molecular weight excluding hydrogens is 356 g/mol. The van der Waals surface area contributed by atoms with Crippen molar-refractivity contribution in [2.75, 3.05) is 17.2 Å². The molecule has 0 unspecified atom stereocenters. The van der Waals surface area contributed by atoms with Gasteiger partial charge in [-0.05, 0) is 49.1 Å². The Morgan fingerprint density at radius 2 is 2.00 bits per heavy atom. The van der Waals surface area contributed by atoms with Crippen LogP contribution in [0.4, 0.5) is 11.5 Å². The maximum absolute atomic E-state index is 12.2. The molecular formula is C17H21BrN4O. The summed E-state index contributed by atoms with van der Waals surface area (Å²) >= 11 is 3.45. The van der Waals surface area contributed by atoms with E-state index in [4.69, 9.17) is 0 Å². The number of aromatic nitrogens is 2. The third-order valence-corrected chi connectivity index (χ3v) is 4.21. The predicted molar refractivity (Wildman–Crippen MR) is 96.8 cm³/mol. The normalized spacial score (nSPS) is 10.7. The molecule has 0 aliphatic carbocycles. The fraction of sp³-hybridized carbons (Fsp3) is 0.353. The average Bonchev–Trinajstić information content (AvgIpc) is 2.51. The maximum Gasteiger partial charge on any atom is 0.276 e. The highest BCUT2D eigenvalue weighted by atomic mass is 79.9. The molecule has 23 heavy (non-hydrogen) atoms. The SMILES string of the molecule is Cc1ccc(NC(=O)c2ccc(NCCC(C)C)nn2)cc1Br.